The van der Waals surface area contributed by atoms with Gasteiger partial charge in [-0.2, -0.15) is 0 Å². The van der Waals surface area contributed by atoms with Crippen molar-refractivity contribution in [1.82, 2.24) is 5.32 Å². The Balaban J connectivity index is 4.03. The van der Waals surface area contributed by atoms with Gasteiger partial charge in [-0.1, -0.05) is 171 Å². The van der Waals surface area contributed by atoms with Crippen molar-refractivity contribution in [2.24, 2.45) is 0 Å². The van der Waals surface area contributed by atoms with Crippen molar-refractivity contribution in [2.75, 3.05) is 6.54 Å². The molecule has 0 rings (SSSR count). The maximum atomic E-state index is 12.7. The number of carboxylic acid groups (broad SMARTS) is 1. The van der Waals surface area contributed by atoms with Gasteiger partial charge in [0.1, 0.15) is 12.6 Å². The molecular formula is C47H81NO5. The zero-order valence-corrected chi connectivity index (χ0v) is 34.4. The fourth-order valence-electron chi connectivity index (χ4n) is 6.18. The fraction of sp³-hybridized carbons (Fsp3) is 0.723. The lowest BCUT2D eigenvalue weighted by atomic mass is 10.0. The van der Waals surface area contributed by atoms with Crippen molar-refractivity contribution >= 4 is 17.8 Å². The third kappa shape index (κ3) is 41.7. The highest BCUT2D eigenvalue weighted by Gasteiger charge is 2.12. The molecule has 2 N–H and O–H groups in total. The maximum Gasteiger partial charge on any atom is 0.322 e. The van der Waals surface area contributed by atoms with Gasteiger partial charge in [-0.3, -0.25) is 14.4 Å². The van der Waals surface area contributed by atoms with Crippen molar-refractivity contribution in [3.63, 3.8) is 0 Å². The predicted molar refractivity (Wildman–Crippen MR) is 226 cm³/mol. The molecule has 1 unspecified atom stereocenters. The molecule has 0 radical (unpaired) electrons. The van der Waals surface area contributed by atoms with Gasteiger partial charge in [0.05, 0.1) is 0 Å². The monoisotopic (exact) mass is 740 g/mol. The van der Waals surface area contributed by atoms with E-state index >= 15 is 0 Å². The molecule has 0 spiro atoms. The first kappa shape index (κ1) is 50.1. The van der Waals surface area contributed by atoms with Crippen LogP contribution in [0.4, 0.5) is 0 Å². The Bertz CT molecular complexity index is 995. The smallest absolute Gasteiger partial charge is 0.322 e. The summed E-state index contributed by atoms with van der Waals surface area (Å²) < 4.78 is 5.91. The Labute approximate surface area is 326 Å². The lowest BCUT2D eigenvalue weighted by molar-refractivity contribution is -0.147. The molecule has 1 atom stereocenters. The number of aliphatic carboxylic acids is 1. The molecule has 0 aromatic rings. The van der Waals surface area contributed by atoms with Crippen LogP contribution in [0.15, 0.2) is 60.8 Å². The van der Waals surface area contributed by atoms with Crippen molar-refractivity contribution < 1.29 is 24.2 Å². The number of hydrogen-bond donors (Lipinski definition) is 2. The van der Waals surface area contributed by atoms with Crippen LogP contribution in [0.25, 0.3) is 0 Å². The van der Waals surface area contributed by atoms with Crippen LogP contribution in [0.1, 0.15) is 206 Å². The molecule has 304 valence electrons. The lowest BCUT2D eigenvalue weighted by Crippen LogP contribution is -2.28. The standard InChI is InChI=1S/C47H81NO5/c1-3-5-7-9-11-13-14-15-16-17-18-19-20-21-22-23-24-25-26-28-30-32-38-42-47(52)53-44(39-35-31-29-27-12-10-8-6-4-2)40-36-33-34-37-41-45(49)48-43-46(50)51/h5,7,11,13,15-16,18-19,35,39,44H,3-4,6,8-10,12,14,17,20-34,36-38,40-43H2,1-2H3,(H,48,49)(H,50,51)/b7-5-,13-11-,16-15-,19-18-,39-35-. The number of rotatable bonds is 39. The summed E-state index contributed by atoms with van der Waals surface area (Å²) in [6.45, 7) is 4.08. The number of esters is 1. The molecular weight excluding hydrogens is 659 g/mol. The Morgan fingerprint density at radius 3 is 1.53 bits per heavy atom. The van der Waals surface area contributed by atoms with E-state index in [1.54, 1.807) is 0 Å². The normalized spacial score (nSPS) is 12.6. The van der Waals surface area contributed by atoms with Gasteiger partial charge in [-0.15, -0.1) is 0 Å². The Kier molecular flexibility index (Phi) is 39.6. The number of nitrogens with one attached hydrogen (secondary N) is 1. The third-order valence-electron chi connectivity index (χ3n) is 9.41. The largest absolute Gasteiger partial charge is 0.480 e. The summed E-state index contributed by atoms with van der Waals surface area (Å²) in [5.41, 5.74) is 0. The highest BCUT2D eigenvalue weighted by Crippen LogP contribution is 2.16. The van der Waals surface area contributed by atoms with Crippen LogP contribution in [0.3, 0.4) is 0 Å². The number of hydrogen-bond acceptors (Lipinski definition) is 4. The van der Waals surface area contributed by atoms with E-state index in [4.69, 9.17) is 9.84 Å². The lowest BCUT2D eigenvalue weighted by Gasteiger charge is -2.15. The molecule has 0 bridgehead atoms. The topological polar surface area (TPSA) is 92.7 Å². The molecule has 0 aliphatic carbocycles. The van der Waals surface area contributed by atoms with E-state index in [2.05, 4.69) is 79.9 Å². The predicted octanol–water partition coefficient (Wildman–Crippen LogP) is 13.6. The number of ether oxygens (including phenoxy) is 1. The minimum Gasteiger partial charge on any atom is -0.480 e. The quantitative estimate of drug-likeness (QED) is 0.0372. The molecule has 0 aliphatic heterocycles. The molecule has 6 heteroatoms. The van der Waals surface area contributed by atoms with Gasteiger partial charge < -0.3 is 15.2 Å². The van der Waals surface area contributed by atoms with Crippen LogP contribution in [-0.4, -0.2) is 35.6 Å². The summed E-state index contributed by atoms with van der Waals surface area (Å²) in [6.07, 6.45) is 55.1. The van der Waals surface area contributed by atoms with Crippen LogP contribution < -0.4 is 5.32 Å². The average molecular weight is 740 g/mol. The van der Waals surface area contributed by atoms with Crippen molar-refractivity contribution in [3.05, 3.63) is 60.8 Å². The van der Waals surface area contributed by atoms with Crippen molar-refractivity contribution in [3.8, 4) is 0 Å². The highest BCUT2D eigenvalue weighted by molar-refractivity contribution is 5.80. The number of allylic oxidation sites excluding steroid dienone is 9. The number of carboxylic acids is 1. The van der Waals surface area contributed by atoms with Crippen LogP contribution >= 0.6 is 0 Å². The second kappa shape index (κ2) is 41.9. The zero-order chi connectivity index (χ0) is 38.7. The second-order valence-electron chi connectivity index (χ2n) is 14.6. The first-order valence-corrected chi connectivity index (χ1v) is 21.9. The van der Waals surface area contributed by atoms with Gasteiger partial charge in [0.2, 0.25) is 5.91 Å². The van der Waals surface area contributed by atoms with Crippen LogP contribution in [0.2, 0.25) is 0 Å². The summed E-state index contributed by atoms with van der Waals surface area (Å²) in [6, 6.07) is 0. The van der Waals surface area contributed by atoms with Gasteiger partial charge in [-0.25, -0.2) is 0 Å². The van der Waals surface area contributed by atoms with E-state index in [-0.39, 0.29) is 24.5 Å². The molecule has 1 amide bonds. The van der Waals surface area contributed by atoms with E-state index in [1.165, 1.54) is 103 Å². The van der Waals surface area contributed by atoms with E-state index < -0.39 is 5.97 Å². The highest BCUT2D eigenvalue weighted by atomic mass is 16.5. The summed E-state index contributed by atoms with van der Waals surface area (Å²) in [4.78, 5) is 35.0. The summed E-state index contributed by atoms with van der Waals surface area (Å²) in [5.74, 6) is -1.33. The molecule has 53 heavy (non-hydrogen) atoms. The second-order valence-corrected chi connectivity index (χ2v) is 14.6. The molecule has 0 fully saturated rings. The third-order valence-corrected chi connectivity index (χ3v) is 9.41. The van der Waals surface area contributed by atoms with Crippen LogP contribution in [-0.2, 0) is 19.1 Å². The number of unbranched alkanes of at least 4 members (excludes halogenated alkanes) is 20. The van der Waals surface area contributed by atoms with E-state index in [1.807, 2.05) is 0 Å². The fourth-order valence-corrected chi connectivity index (χ4v) is 6.18. The average Bonchev–Trinajstić information content (AvgIpc) is 3.14. The summed E-state index contributed by atoms with van der Waals surface area (Å²) in [7, 11) is 0. The molecule has 0 aromatic heterocycles. The van der Waals surface area contributed by atoms with Gasteiger partial charge in [0.25, 0.3) is 0 Å². The molecule has 0 aliphatic rings. The van der Waals surface area contributed by atoms with E-state index in [9.17, 15) is 14.4 Å². The number of amides is 1. The molecule has 0 saturated heterocycles. The minimum absolute atomic E-state index is 0.0871. The van der Waals surface area contributed by atoms with Gasteiger partial charge >= 0.3 is 11.9 Å². The Hall–Kier alpha value is -2.89. The summed E-state index contributed by atoms with van der Waals surface area (Å²) >= 11 is 0. The van der Waals surface area contributed by atoms with Crippen molar-refractivity contribution in [1.29, 1.82) is 0 Å². The van der Waals surface area contributed by atoms with Gasteiger partial charge in [0, 0.05) is 12.8 Å². The summed E-state index contributed by atoms with van der Waals surface area (Å²) in [5, 5.41) is 11.1. The Morgan fingerprint density at radius 2 is 0.981 bits per heavy atom. The zero-order valence-electron chi connectivity index (χ0n) is 34.4. The van der Waals surface area contributed by atoms with Gasteiger partial charge in [-0.05, 0) is 83.1 Å². The molecule has 0 heterocycles. The number of carbonyl (C=O) groups is 3. The Morgan fingerprint density at radius 1 is 0.528 bits per heavy atom. The van der Waals surface area contributed by atoms with Gasteiger partial charge in [0.15, 0.2) is 0 Å². The van der Waals surface area contributed by atoms with Crippen LogP contribution in [0, 0.1) is 0 Å². The van der Waals surface area contributed by atoms with E-state index in [0.717, 1.165) is 77.0 Å². The maximum absolute atomic E-state index is 12.7. The van der Waals surface area contributed by atoms with Crippen LogP contribution in [0.5, 0.6) is 0 Å². The first-order valence-electron chi connectivity index (χ1n) is 21.9. The first-order chi connectivity index (χ1) is 26.0. The molecule has 0 saturated carbocycles. The molecule has 6 nitrogen and oxygen atoms in total. The minimum atomic E-state index is -1.03. The SMILES string of the molecule is CC/C=C\C/C=C\C/C=C\C/C=C\CCCCCCCCCCCCC(=O)OC(/C=C\CCCCCCCCC)CCCCCCC(=O)NCC(=O)O. The molecule has 0 aromatic carbocycles. The number of carbonyl (C=O) groups excluding carboxylic acids is 2. The van der Waals surface area contributed by atoms with Crippen molar-refractivity contribution in [2.45, 2.75) is 213 Å². The van der Waals surface area contributed by atoms with E-state index in [0.29, 0.717) is 12.8 Å².